The average Bonchev–Trinajstić information content (AvgIpc) is 2.78. The van der Waals surface area contributed by atoms with Crippen molar-refractivity contribution in [3.8, 4) is 0 Å². The maximum absolute atomic E-state index is 4.54. The Labute approximate surface area is 115 Å². The summed E-state index contributed by atoms with van der Waals surface area (Å²) in [7, 11) is 2.22. The Morgan fingerprint density at radius 1 is 1.50 bits per heavy atom. The predicted molar refractivity (Wildman–Crippen MR) is 78.1 cm³/mol. The van der Waals surface area contributed by atoms with Crippen LogP contribution < -0.4 is 5.32 Å². The van der Waals surface area contributed by atoms with Crippen LogP contribution in [0.15, 0.2) is 5.38 Å². The highest BCUT2D eigenvalue weighted by atomic mass is 32.1. The monoisotopic (exact) mass is 267 g/mol. The van der Waals surface area contributed by atoms with E-state index in [-0.39, 0.29) is 0 Å². The molecule has 0 bridgehead atoms. The van der Waals surface area contributed by atoms with Gasteiger partial charge in [0, 0.05) is 11.4 Å². The number of hydrogen-bond acceptors (Lipinski definition) is 4. The van der Waals surface area contributed by atoms with Crippen molar-refractivity contribution in [2.45, 2.75) is 39.2 Å². The standard InChI is InChI=1S/C14H25N3S/c1-11(14-10-18-12(2)16-14)15-7-4-13-5-8-17(3)9-6-13/h10-11,13,15H,4-9H2,1-3H3. The number of piperidine rings is 1. The Morgan fingerprint density at radius 2 is 2.22 bits per heavy atom. The summed E-state index contributed by atoms with van der Waals surface area (Å²) in [5.74, 6) is 0.915. The van der Waals surface area contributed by atoms with Crippen molar-refractivity contribution in [2.24, 2.45) is 5.92 Å². The summed E-state index contributed by atoms with van der Waals surface area (Å²) in [4.78, 5) is 6.97. The van der Waals surface area contributed by atoms with Crippen LogP contribution in [-0.4, -0.2) is 36.6 Å². The van der Waals surface area contributed by atoms with Crippen LogP contribution in [0.3, 0.4) is 0 Å². The molecule has 3 nitrogen and oxygen atoms in total. The second-order valence-corrected chi connectivity index (χ2v) is 6.56. The van der Waals surface area contributed by atoms with Gasteiger partial charge in [0.15, 0.2) is 0 Å². The summed E-state index contributed by atoms with van der Waals surface area (Å²) in [5, 5.41) is 6.93. The lowest BCUT2D eigenvalue weighted by Crippen LogP contribution is -2.32. The van der Waals surface area contributed by atoms with Crippen molar-refractivity contribution < 1.29 is 0 Å². The number of hydrogen-bond donors (Lipinski definition) is 1. The zero-order chi connectivity index (χ0) is 13.0. The highest BCUT2D eigenvalue weighted by Crippen LogP contribution is 2.20. The molecule has 0 spiro atoms. The van der Waals surface area contributed by atoms with Gasteiger partial charge in [0.1, 0.15) is 0 Å². The molecule has 0 amide bonds. The van der Waals surface area contributed by atoms with Gasteiger partial charge in [-0.2, -0.15) is 0 Å². The third-order valence-electron chi connectivity index (χ3n) is 3.92. The Kier molecular flexibility index (Phi) is 5.15. The summed E-state index contributed by atoms with van der Waals surface area (Å²) in [5.41, 5.74) is 1.20. The van der Waals surface area contributed by atoms with E-state index in [9.17, 15) is 0 Å². The van der Waals surface area contributed by atoms with Crippen LogP contribution in [0.4, 0.5) is 0 Å². The van der Waals surface area contributed by atoms with Gasteiger partial charge in [-0.3, -0.25) is 0 Å². The molecule has 0 aromatic carbocycles. The van der Waals surface area contributed by atoms with Gasteiger partial charge in [0.25, 0.3) is 0 Å². The number of aromatic nitrogens is 1. The van der Waals surface area contributed by atoms with Gasteiger partial charge >= 0.3 is 0 Å². The van der Waals surface area contributed by atoms with E-state index in [0.29, 0.717) is 6.04 Å². The first kappa shape index (κ1) is 14.0. The molecule has 1 aromatic heterocycles. The molecule has 1 aliphatic rings. The summed E-state index contributed by atoms with van der Waals surface area (Å²) in [6, 6.07) is 0.390. The van der Waals surface area contributed by atoms with E-state index in [1.54, 1.807) is 11.3 Å². The first-order valence-corrected chi connectivity index (χ1v) is 7.87. The van der Waals surface area contributed by atoms with Gasteiger partial charge in [-0.15, -0.1) is 11.3 Å². The molecule has 1 saturated heterocycles. The number of nitrogens with zero attached hydrogens (tertiary/aromatic N) is 2. The maximum Gasteiger partial charge on any atom is 0.0898 e. The van der Waals surface area contributed by atoms with Crippen molar-refractivity contribution in [1.82, 2.24) is 15.2 Å². The molecule has 4 heteroatoms. The summed E-state index contributed by atoms with van der Waals surface area (Å²) in [6.07, 6.45) is 4.03. The van der Waals surface area contributed by atoms with Crippen LogP contribution in [0.5, 0.6) is 0 Å². The number of rotatable bonds is 5. The maximum atomic E-state index is 4.54. The Morgan fingerprint density at radius 3 is 2.83 bits per heavy atom. The lowest BCUT2D eigenvalue weighted by molar-refractivity contribution is 0.210. The minimum Gasteiger partial charge on any atom is -0.309 e. The van der Waals surface area contributed by atoms with Gasteiger partial charge in [0.2, 0.25) is 0 Å². The minimum atomic E-state index is 0.390. The van der Waals surface area contributed by atoms with Crippen LogP contribution in [-0.2, 0) is 0 Å². The van der Waals surface area contributed by atoms with Crippen LogP contribution in [0, 0.1) is 12.8 Å². The molecule has 102 valence electrons. The Balaban J connectivity index is 1.66. The van der Waals surface area contributed by atoms with Crippen molar-refractivity contribution in [3.05, 3.63) is 16.1 Å². The molecule has 1 N–H and O–H groups in total. The van der Waals surface area contributed by atoms with Gasteiger partial charge in [-0.25, -0.2) is 4.98 Å². The van der Waals surface area contributed by atoms with Crippen LogP contribution in [0.1, 0.15) is 42.9 Å². The highest BCUT2D eigenvalue weighted by molar-refractivity contribution is 7.09. The molecule has 18 heavy (non-hydrogen) atoms. The molecule has 1 fully saturated rings. The number of likely N-dealkylation sites (tertiary alicyclic amines) is 1. The van der Waals surface area contributed by atoms with Crippen molar-refractivity contribution in [3.63, 3.8) is 0 Å². The van der Waals surface area contributed by atoms with Crippen molar-refractivity contribution in [1.29, 1.82) is 0 Å². The molecule has 1 atom stereocenters. The van der Waals surface area contributed by atoms with Crippen LogP contribution in [0.25, 0.3) is 0 Å². The molecule has 1 unspecified atom stereocenters. The van der Waals surface area contributed by atoms with Gasteiger partial charge < -0.3 is 10.2 Å². The van der Waals surface area contributed by atoms with Gasteiger partial charge in [-0.1, -0.05) is 0 Å². The van der Waals surface area contributed by atoms with Crippen LogP contribution in [0.2, 0.25) is 0 Å². The van der Waals surface area contributed by atoms with E-state index in [4.69, 9.17) is 0 Å². The first-order chi connectivity index (χ1) is 8.65. The SMILES string of the molecule is Cc1nc(C(C)NCCC2CCN(C)CC2)cs1. The second kappa shape index (κ2) is 6.64. The van der Waals surface area contributed by atoms with E-state index in [0.717, 1.165) is 17.5 Å². The first-order valence-electron chi connectivity index (χ1n) is 6.99. The molecular formula is C14H25N3S. The summed E-state index contributed by atoms with van der Waals surface area (Å²) in [6.45, 7) is 7.94. The lowest BCUT2D eigenvalue weighted by Gasteiger charge is -2.29. The van der Waals surface area contributed by atoms with Gasteiger partial charge in [0.05, 0.1) is 10.7 Å². The number of thiazole rings is 1. The van der Waals surface area contributed by atoms with E-state index < -0.39 is 0 Å². The third-order valence-corrected chi connectivity index (χ3v) is 4.71. The minimum absolute atomic E-state index is 0.390. The quantitative estimate of drug-likeness (QED) is 0.889. The average molecular weight is 267 g/mol. The molecule has 2 heterocycles. The fourth-order valence-corrected chi connectivity index (χ4v) is 3.24. The number of aryl methyl sites for hydroxylation is 1. The van der Waals surface area contributed by atoms with E-state index in [1.807, 2.05) is 0 Å². The largest absolute Gasteiger partial charge is 0.309 e. The van der Waals surface area contributed by atoms with E-state index in [1.165, 1.54) is 38.0 Å². The zero-order valence-electron chi connectivity index (χ0n) is 11.8. The molecule has 0 aliphatic carbocycles. The molecule has 2 rings (SSSR count). The second-order valence-electron chi connectivity index (χ2n) is 5.50. The highest BCUT2D eigenvalue weighted by Gasteiger charge is 2.16. The fraction of sp³-hybridized carbons (Fsp3) is 0.786. The van der Waals surface area contributed by atoms with E-state index >= 15 is 0 Å². The lowest BCUT2D eigenvalue weighted by atomic mass is 9.94. The summed E-state index contributed by atoms with van der Waals surface area (Å²) < 4.78 is 0. The Bertz CT molecular complexity index is 356. The molecule has 0 radical (unpaired) electrons. The van der Waals surface area contributed by atoms with Crippen LogP contribution >= 0.6 is 11.3 Å². The molecule has 0 saturated carbocycles. The Hall–Kier alpha value is -0.450. The summed E-state index contributed by atoms with van der Waals surface area (Å²) >= 11 is 1.74. The van der Waals surface area contributed by atoms with Crippen molar-refractivity contribution >= 4 is 11.3 Å². The third kappa shape index (κ3) is 4.04. The van der Waals surface area contributed by atoms with E-state index in [2.05, 4.69) is 41.5 Å². The zero-order valence-corrected chi connectivity index (χ0v) is 12.6. The topological polar surface area (TPSA) is 28.2 Å². The predicted octanol–water partition coefficient (Wildman–Crippen LogP) is 2.83. The van der Waals surface area contributed by atoms with Gasteiger partial charge in [-0.05, 0) is 65.7 Å². The fourth-order valence-electron chi connectivity index (χ4n) is 2.54. The molecule has 1 aromatic rings. The smallest absolute Gasteiger partial charge is 0.0898 e. The molecule has 1 aliphatic heterocycles. The normalized spacial score (nSPS) is 20.2. The number of nitrogens with one attached hydrogen (secondary N) is 1. The van der Waals surface area contributed by atoms with Crippen molar-refractivity contribution in [2.75, 3.05) is 26.7 Å². The molecular weight excluding hydrogens is 242 g/mol.